The van der Waals surface area contributed by atoms with E-state index < -0.39 is 23.5 Å². The molecule has 1 aliphatic carbocycles. The smallest absolute Gasteiger partial charge is 0.408 e. The second-order valence-corrected chi connectivity index (χ2v) is 8.81. The molecule has 1 saturated carbocycles. The molecule has 0 spiro atoms. The number of amides is 1. The molecule has 5 nitrogen and oxygen atoms in total. The number of fused-ring (bicyclic) bond motifs is 1. The average molecular weight is 475 g/mol. The van der Waals surface area contributed by atoms with Crippen LogP contribution in [0.25, 0.3) is 16.5 Å². The minimum atomic E-state index is -0.752. The Morgan fingerprint density at radius 2 is 1.77 bits per heavy atom. The lowest BCUT2D eigenvalue weighted by Crippen LogP contribution is -2.38. The minimum Gasteiger partial charge on any atom is -0.408 e. The van der Waals surface area contributed by atoms with Gasteiger partial charge in [-0.05, 0) is 61.6 Å². The Balaban J connectivity index is 1.56. The highest BCUT2D eigenvalue weighted by molar-refractivity contribution is 5.91. The normalized spacial score (nSPS) is 14.4. The molecule has 0 unspecified atom stereocenters. The van der Waals surface area contributed by atoms with Crippen molar-refractivity contribution in [2.45, 2.75) is 32.2 Å². The third kappa shape index (κ3) is 4.30. The number of rotatable bonds is 5. The van der Waals surface area contributed by atoms with Crippen molar-refractivity contribution in [3.63, 3.8) is 0 Å². The van der Waals surface area contributed by atoms with Gasteiger partial charge in [-0.15, -0.1) is 0 Å². The lowest BCUT2D eigenvalue weighted by molar-refractivity contribution is 0.176. The Morgan fingerprint density at radius 1 is 1.03 bits per heavy atom. The zero-order valence-electron chi connectivity index (χ0n) is 19.1. The number of hydrogen-bond acceptors (Lipinski definition) is 3. The number of ether oxygens (including phenoxy) is 1. The number of nitrogens with zero attached hydrogens (tertiary/aromatic N) is 1. The SMILES string of the molecule is Cc1c(OC(=O)N[C@H](c2cccc(F)c2)C2CCC2)c2cccc(F)c2c(=O)n1-c1ccccc1. The summed E-state index contributed by atoms with van der Waals surface area (Å²) in [5.74, 6) is -0.825. The monoisotopic (exact) mass is 474 g/mol. The molecule has 1 amide bonds. The van der Waals surface area contributed by atoms with Crippen molar-refractivity contribution in [2.24, 2.45) is 5.92 Å². The fourth-order valence-corrected chi connectivity index (χ4v) is 4.70. The first-order chi connectivity index (χ1) is 16.9. The summed E-state index contributed by atoms with van der Waals surface area (Å²) in [4.78, 5) is 26.4. The maximum Gasteiger partial charge on any atom is 0.413 e. The van der Waals surface area contributed by atoms with Gasteiger partial charge in [0.15, 0.2) is 5.75 Å². The topological polar surface area (TPSA) is 60.3 Å². The molecule has 3 aromatic carbocycles. The van der Waals surface area contributed by atoms with E-state index in [1.807, 2.05) is 6.07 Å². The van der Waals surface area contributed by atoms with Crippen LogP contribution in [0.5, 0.6) is 5.75 Å². The molecule has 4 aromatic rings. The summed E-state index contributed by atoms with van der Waals surface area (Å²) < 4.78 is 35.8. The van der Waals surface area contributed by atoms with E-state index in [1.165, 1.54) is 28.8 Å². The Morgan fingerprint density at radius 3 is 2.46 bits per heavy atom. The lowest BCUT2D eigenvalue weighted by atomic mass is 9.77. The van der Waals surface area contributed by atoms with Crippen LogP contribution in [0.1, 0.15) is 36.6 Å². The Labute approximate surface area is 201 Å². The van der Waals surface area contributed by atoms with Crippen molar-refractivity contribution in [1.29, 1.82) is 0 Å². The number of halogens is 2. The first kappa shape index (κ1) is 22.8. The number of para-hydroxylation sites is 1. The molecule has 1 atom stereocenters. The minimum absolute atomic E-state index is 0.0899. The second-order valence-electron chi connectivity index (χ2n) is 8.81. The van der Waals surface area contributed by atoms with E-state index in [1.54, 1.807) is 49.4 Å². The van der Waals surface area contributed by atoms with Gasteiger partial charge in [0.2, 0.25) is 0 Å². The van der Waals surface area contributed by atoms with Gasteiger partial charge < -0.3 is 10.1 Å². The zero-order chi connectivity index (χ0) is 24.5. The molecule has 0 aliphatic heterocycles. The number of hydrogen-bond donors (Lipinski definition) is 1. The highest BCUT2D eigenvalue weighted by Crippen LogP contribution is 2.38. The highest BCUT2D eigenvalue weighted by atomic mass is 19.1. The maximum atomic E-state index is 14.8. The summed E-state index contributed by atoms with van der Waals surface area (Å²) in [7, 11) is 0. The van der Waals surface area contributed by atoms with Crippen LogP contribution in [0.2, 0.25) is 0 Å². The fourth-order valence-electron chi connectivity index (χ4n) is 4.70. The number of nitrogens with one attached hydrogen (secondary N) is 1. The van der Waals surface area contributed by atoms with E-state index in [0.717, 1.165) is 19.3 Å². The Kier molecular flexibility index (Phi) is 6.07. The molecule has 7 heteroatoms. The van der Waals surface area contributed by atoms with Crippen molar-refractivity contribution in [3.8, 4) is 11.4 Å². The fraction of sp³-hybridized carbons (Fsp3) is 0.214. The molecule has 178 valence electrons. The number of benzene rings is 3. The standard InChI is InChI=1S/C28H24F2N2O3/c1-17-26(35-28(34)31-25(18-8-5-9-18)19-10-6-11-20(29)16-19)22-14-7-15-23(30)24(22)27(33)32(17)21-12-3-2-4-13-21/h2-4,6-7,10-16,18,25H,5,8-9H2,1H3,(H,31,34)/t25-/m0/s1. The molecule has 1 aromatic heterocycles. The van der Waals surface area contributed by atoms with Crippen molar-refractivity contribution in [1.82, 2.24) is 9.88 Å². The third-order valence-electron chi connectivity index (χ3n) is 6.65. The highest BCUT2D eigenvalue weighted by Gasteiger charge is 2.31. The van der Waals surface area contributed by atoms with Crippen LogP contribution in [0.3, 0.4) is 0 Å². The quantitative estimate of drug-likeness (QED) is 0.374. The van der Waals surface area contributed by atoms with Gasteiger partial charge in [-0.3, -0.25) is 9.36 Å². The van der Waals surface area contributed by atoms with Crippen molar-refractivity contribution < 1.29 is 18.3 Å². The molecular weight excluding hydrogens is 450 g/mol. The maximum absolute atomic E-state index is 14.8. The van der Waals surface area contributed by atoms with E-state index in [9.17, 15) is 18.4 Å². The molecule has 35 heavy (non-hydrogen) atoms. The van der Waals surface area contributed by atoms with E-state index in [-0.39, 0.29) is 28.3 Å². The van der Waals surface area contributed by atoms with Crippen molar-refractivity contribution >= 4 is 16.9 Å². The molecule has 1 N–H and O–H groups in total. The van der Waals surface area contributed by atoms with Crippen LogP contribution in [0, 0.1) is 24.5 Å². The van der Waals surface area contributed by atoms with E-state index in [4.69, 9.17) is 4.74 Å². The molecule has 0 bridgehead atoms. The predicted octanol–water partition coefficient (Wildman–Crippen LogP) is 6.21. The number of aromatic nitrogens is 1. The Bertz CT molecular complexity index is 1460. The number of carbonyl (C=O) groups excluding carboxylic acids is 1. The van der Waals surface area contributed by atoms with Crippen LogP contribution < -0.4 is 15.6 Å². The summed E-state index contributed by atoms with van der Waals surface area (Å²) >= 11 is 0. The molecule has 1 fully saturated rings. The van der Waals surface area contributed by atoms with Gasteiger partial charge in [-0.2, -0.15) is 0 Å². The zero-order valence-corrected chi connectivity index (χ0v) is 19.1. The van der Waals surface area contributed by atoms with E-state index in [2.05, 4.69) is 5.32 Å². The first-order valence-electron chi connectivity index (χ1n) is 11.6. The van der Waals surface area contributed by atoms with Gasteiger partial charge in [0, 0.05) is 11.1 Å². The molecule has 5 rings (SSSR count). The first-order valence-corrected chi connectivity index (χ1v) is 11.6. The summed E-state index contributed by atoms with van der Waals surface area (Å²) in [6.07, 6.45) is 2.11. The average Bonchev–Trinajstić information content (AvgIpc) is 2.81. The summed E-state index contributed by atoms with van der Waals surface area (Å²) in [6, 6.07) is 18.8. The van der Waals surface area contributed by atoms with Gasteiger partial charge >= 0.3 is 6.09 Å². The molecule has 1 heterocycles. The van der Waals surface area contributed by atoms with Crippen LogP contribution in [0.4, 0.5) is 13.6 Å². The van der Waals surface area contributed by atoms with Crippen LogP contribution >= 0.6 is 0 Å². The van der Waals surface area contributed by atoms with Gasteiger partial charge in [0.1, 0.15) is 11.6 Å². The van der Waals surface area contributed by atoms with Crippen LogP contribution in [0.15, 0.2) is 77.6 Å². The van der Waals surface area contributed by atoms with Crippen LogP contribution in [-0.2, 0) is 0 Å². The van der Waals surface area contributed by atoms with E-state index >= 15 is 0 Å². The van der Waals surface area contributed by atoms with Gasteiger partial charge in [0.25, 0.3) is 5.56 Å². The lowest BCUT2D eigenvalue weighted by Gasteiger charge is -2.34. The number of carbonyl (C=O) groups is 1. The molecule has 0 radical (unpaired) electrons. The number of pyridine rings is 1. The van der Waals surface area contributed by atoms with Gasteiger partial charge in [-0.25, -0.2) is 13.6 Å². The van der Waals surface area contributed by atoms with Gasteiger partial charge in [-0.1, -0.05) is 48.9 Å². The summed E-state index contributed by atoms with van der Waals surface area (Å²) in [5, 5.41) is 2.93. The van der Waals surface area contributed by atoms with E-state index in [0.29, 0.717) is 16.9 Å². The predicted molar refractivity (Wildman–Crippen MR) is 130 cm³/mol. The summed E-state index contributed by atoms with van der Waals surface area (Å²) in [5.41, 5.74) is 1.01. The van der Waals surface area contributed by atoms with Crippen molar-refractivity contribution in [3.05, 3.63) is 106 Å². The Hall–Kier alpha value is -4.00. The second kappa shape index (κ2) is 9.33. The molecule has 1 aliphatic rings. The molecular formula is C28H24F2N2O3. The summed E-state index contributed by atoms with van der Waals surface area (Å²) in [6.45, 7) is 1.65. The third-order valence-corrected chi connectivity index (χ3v) is 6.65. The van der Waals surface area contributed by atoms with Crippen LogP contribution in [-0.4, -0.2) is 10.7 Å². The van der Waals surface area contributed by atoms with Gasteiger partial charge in [0.05, 0.1) is 17.1 Å². The molecule has 0 saturated heterocycles. The largest absolute Gasteiger partial charge is 0.413 e. The van der Waals surface area contributed by atoms with Crippen molar-refractivity contribution in [2.75, 3.05) is 0 Å².